The number of hydrogen-bond donors (Lipinski definition) is 3. The van der Waals surface area contributed by atoms with Crippen LogP contribution in [0, 0.1) is 5.92 Å². The monoisotopic (exact) mass is 264 g/mol. The van der Waals surface area contributed by atoms with Gasteiger partial charge in [0.2, 0.25) is 5.91 Å². The molecule has 0 bridgehead atoms. The van der Waals surface area contributed by atoms with Crippen LogP contribution >= 0.6 is 0 Å². The van der Waals surface area contributed by atoms with Crippen molar-refractivity contribution in [3.63, 3.8) is 0 Å². The first kappa shape index (κ1) is 12.6. The van der Waals surface area contributed by atoms with E-state index in [0.29, 0.717) is 18.9 Å². The molecular formula is C13H20N4O2. The molecular weight excluding hydrogens is 244 g/mol. The number of aromatic amines is 1. The maximum Gasteiger partial charge on any atom is 0.240 e. The normalized spacial score (nSPS) is 30.4. The molecule has 3 atom stereocenters. The van der Waals surface area contributed by atoms with Crippen LogP contribution in [-0.4, -0.2) is 51.1 Å². The van der Waals surface area contributed by atoms with E-state index in [1.54, 1.807) is 6.33 Å². The lowest BCUT2D eigenvalue weighted by Gasteiger charge is -2.31. The van der Waals surface area contributed by atoms with Crippen molar-refractivity contribution in [3.8, 4) is 0 Å². The van der Waals surface area contributed by atoms with Gasteiger partial charge in [-0.15, -0.1) is 0 Å². The quantitative estimate of drug-likeness (QED) is 0.682. The first-order chi connectivity index (χ1) is 9.20. The van der Waals surface area contributed by atoms with Gasteiger partial charge in [-0.05, 0) is 12.3 Å². The van der Waals surface area contributed by atoms with Crippen LogP contribution in [0.3, 0.4) is 0 Å². The Bertz CT molecular complexity index is 473. The molecule has 3 N–H and O–H groups in total. The van der Waals surface area contributed by atoms with Gasteiger partial charge in [0.15, 0.2) is 0 Å². The van der Waals surface area contributed by atoms with Gasteiger partial charge in [0.05, 0.1) is 36.4 Å². The number of aliphatic hydroxyl groups excluding tert-OH is 1. The zero-order valence-electron chi connectivity index (χ0n) is 11.1. The molecule has 2 aliphatic rings. The molecule has 104 valence electrons. The van der Waals surface area contributed by atoms with E-state index in [-0.39, 0.29) is 24.6 Å². The number of fused-ring (bicyclic) bond motifs is 1. The Morgan fingerprint density at radius 2 is 2.47 bits per heavy atom. The van der Waals surface area contributed by atoms with Crippen molar-refractivity contribution in [2.24, 2.45) is 5.92 Å². The lowest BCUT2D eigenvalue weighted by atomic mass is 10.0. The maximum absolute atomic E-state index is 12.6. The highest BCUT2D eigenvalue weighted by Gasteiger charge is 2.38. The van der Waals surface area contributed by atoms with Crippen molar-refractivity contribution >= 4 is 5.91 Å². The number of likely N-dealkylation sites (tertiary alicyclic amines) is 1. The number of aliphatic hydroxyl groups is 1. The van der Waals surface area contributed by atoms with E-state index >= 15 is 0 Å². The van der Waals surface area contributed by atoms with Gasteiger partial charge >= 0.3 is 0 Å². The van der Waals surface area contributed by atoms with Crippen molar-refractivity contribution in [3.05, 3.63) is 17.7 Å². The van der Waals surface area contributed by atoms with Crippen LogP contribution in [-0.2, 0) is 17.8 Å². The second-order valence-electron chi connectivity index (χ2n) is 5.51. The molecule has 1 aromatic heterocycles. The van der Waals surface area contributed by atoms with E-state index in [4.69, 9.17) is 0 Å². The molecule has 0 spiro atoms. The van der Waals surface area contributed by atoms with E-state index in [1.165, 1.54) is 0 Å². The first-order valence-electron chi connectivity index (χ1n) is 6.86. The minimum atomic E-state index is -0.213. The van der Waals surface area contributed by atoms with Gasteiger partial charge in [-0.1, -0.05) is 6.92 Å². The van der Waals surface area contributed by atoms with E-state index in [9.17, 15) is 9.90 Å². The lowest BCUT2D eigenvalue weighted by Crippen LogP contribution is -2.52. The molecule has 1 amide bonds. The zero-order chi connectivity index (χ0) is 13.4. The first-order valence-corrected chi connectivity index (χ1v) is 6.86. The topological polar surface area (TPSA) is 81.2 Å². The summed E-state index contributed by atoms with van der Waals surface area (Å²) < 4.78 is 0. The second-order valence-corrected chi connectivity index (χ2v) is 5.51. The Morgan fingerprint density at radius 1 is 1.63 bits per heavy atom. The molecule has 0 saturated carbocycles. The summed E-state index contributed by atoms with van der Waals surface area (Å²) >= 11 is 0. The molecule has 1 aromatic rings. The largest absolute Gasteiger partial charge is 0.394 e. The number of rotatable bonds is 2. The number of nitrogens with one attached hydrogen (secondary N) is 2. The Morgan fingerprint density at radius 3 is 3.26 bits per heavy atom. The summed E-state index contributed by atoms with van der Waals surface area (Å²) in [7, 11) is 0. The van der Waals surface area contributed by atoms with E-state index in [0.717, 1.165) is 24.4 Å². The van der Waals surface area contributed by atoms with Crippen LogP contribution < -0.4 is 5.32 Å². The van der Waals surface area contributed by atoms with E-state index < -0.39 is 0 Å². The minimum Gasteiger partial charge on any atom is -0.394 e. The SMILES string of the molecule is CC1CCN(C(=O)C2Cc3nc[nH]c3CN2)C1CO. The van der Waals surface area contributed by atoms with Crippen LogP contribution in [0.1, 0.15) is 24.7 Å². The van der Waals surface area contributed by atoms with Crippen LogP contribution in [0.5, 0.6) is 0 Å². The fraction of sp³-hybridized carbons (Fsp3) is 0.692. The zero-order valence-corrected chi connectivity index (χ0v) is 11.1. The summed E-state index contributed by atoms with van der Waals surface area (Å²) in [5.41, 5.74) is 2.04. The molecule has 0 aromatic carbocycles. The van der Waals surface area contributed by atoms with Crippen molar-refractivity contribution in [1.29, 1.82) is 0 Å². The maximum atomic E-state index is 12.6. The van der Waals surface area contributed by atoms with Gasteiger partial charge in [0.1, 0.15) is 0 Å². The van der Waals surface area contributed by atoms with Crippen molar-refractivity contribution in [2.45, 2.75) is 38.4 Å². The van der Waals surface area contributed by atoms with Crippen LogP contribution in [0.4, 0.5) is 0 Å². The number of amides is 1. The van der Waals surface area contributed by atoms with Gasteiger partial charge in [0.25, 0.3) is 0 Å². The predicted molar refractivity (Wildman–Crippen MR) is 69.3 cm³/mol. The third-order valence-corrected chi connectivity index (χ3v) is 4.38. The highest BCUT2D eigenvalue weighted by Crippen LogP contribution is 2.25. The molecule has 0 aliphatic carbocycles. The molecule has 3 unspecified atom stereocenters. The van der Waals surface area contributed by atoms with Crippen LogP contribution in [0.2, 0.25) is 0 Å². The predicted octanol–water partition coefficient (Wildman–Crippen LogP) is -0.347. The summed E-state index contributed by atoms with van der Waals surface area (Å²) in [5.74, 6) is 0.468. The fourth-order valence-electron chi connectivity index (χ4n) is 3.10. The van der Waals surface area contributed by atoms with Gasteiger partial charge in [0, 0.05) is 19.5 Å². The van der Waals surface area contributed by atoms with Crippen LogP contribution in [0.25, 0.3) is 0 Å². The molecule has 1 saturated heterocycles. The average Bonchev–Trinajstić information content (AvgIpc) is 3.02. The van der Waals surface area contributed by atoms with E-state index in [2.05, 4.69) is 22.2 Å². The second kappa shape index (κ2) is 4.94. The fourth-order valence-corrected chi connectivity index (χ4v) is 3.10. The average molecular weight is 264 g/mol. The Balaban J connectivity index is 1.72. The highest BCUT2D eigenvalue weighted by atomic mass is 16.3. The Kier molecular flexibility index (Phi) is 3.28. The highest BCUT2D eigenvalue weighted by molar-refractivity contribution is 5.83. The van der Waals surface area contributed by atoms with Gasteiger partial charge < -0.3 is 15.0 Å². The van der Waals surface area contributed by atoms with E-state index in [1.807, 2.05) is 4.90 Å². The minimum absolute atomic E-state index is 0.0325. The number of hydrogen-bond acceptors (Lipinski definition) is 4. The van der Waals surface area contributed by atoms with Crippen molar-refractivity contribution in [2.75, 3.05) is 13.2 Å². The molecule has 0 radical (unpaired) electrons. The molecule has 3 rings (SSSR count). The number of carbonyl (C=O) groups is 1. The molecule has 6 nitrogen and oxygen atoms in total. The van der Waals surface area contributed by atoms with Crippen LogP contribution in [0.15, 0.2) is 6.33 Å². The Hall–Kier alpha value is -1.40. The third-order valence-electron chi connectivity index (χ3n) is 4.38. The summed E-state index contributed by atoms with van der Waals surface area (Å²) in [4.78, 5) is 21.7. The molecule has 6 heteroatoms. The number of aromatic nitrogens is 2. The number of imidazole rings is 1. The molecule has 3 heterocycles. The van der Waals surface area contributed by atoms with Crippen molar-refractivity contribution < 1.29 is 9.90 Å². The smallest absolute Gasteiger partial charge is 0.240 e. The molecule has 19 heavy (non-hydrogen) atoms. The molecule has 1 fully saturated rings. The number of H-pyrrole nitrogens is 1. The standard InChI is InChI=1S/C13H20N4O2/c1-8-2-3-17(12(8)6-18)13(19)10-4-9-11(5-14-10)16-7-15-9/h7-8,10,12,14,18H,2-6H2,1H3,(H,15,16). The summed E-state index contributed by atoms with van der Waals surface area (Å²) in [6.45, 7) is 3.54. The lowest BCUT2D eigenvalue weighted by molar-refractivity contribution is -0.135. The van der Waals surface area contributed by atoms with Gasteiger partial charge in [-0.2, -0.15) is 0 Å². The summed E-state index contributed by atoms with van der Waals surface area (Å²) in [5, 5.41) is 12.7. The van der Waals surface area contributed by atoms with Gasteiger partial charge in [-0.3, -0.25) is 10.1 Å². The number of nitrogens with zero attached hydrogens (tertiary/aromatic N) is 2. The summed E-state index contributed by atoms with van der Waals surface area (Å²) in [6.07, 6.45) is 3.27. The van der Waals surface area contributed by atoms with Crippen molar-refractivity contribution in [1.82, 2.24) is 20.2 Å². The number of carbonyl (C=O) groups excluding carboxylic acids is 1. The van der Waals surface area contributed by atoms with Gasteiger partial charge in [-0.25, -0.2) is 4.98 Å². The third kappa shape index (κ3) is 2.15. The molecule has 2 aliphatic heterocycles. The Labute approximate surface area is 112 Å². The summed E-state index contributed by atoms with van der Waals surface area (Å²) in [6, 6.07) is -0.245.